The zero-order valence-corrected chi connectivity index (χ0v) is 45.8. The standard InChI is InChI=1S/C52H66FN10O17P/c1-5-52(74)31-16-36-45-29(22-62(36)48(71)30(31)23-78-50(52)73)44-33(12-11-28-26(2)32(53)17-34(60-45)43(28)44)61-49(72)51(3,4)79-25-58-39(65)20-56-46(69)35(15-27-9-7-6-8-10-27)59-40(66)21-55-38(64)19-57-47(70)37(18-54-24-80-81(75,76)77)63-41(67)13-14-42(63)68/h6-10,16,29,32-33,35,37,40,44,54,59,66,74H,5,11-15,17-25H2,1-4H3,(H,55,64)(H,56,69)(H,57,70)(H,58,65)(H,61,72)(H2,75,76,77)/t29?,32?,33?,35?,37?,40?,44?,52-/m0/s1. The number of pyridine rings is 1. The number of fused-ring (bicyclic) bond motifs is 5. The van der Waals surface area contributed by atoms with E-state index >= 15 is 4.39 Å². The van der Waals surface area contributed by atoms with Crippen molar-refractivity contribution in [1.82, 2.24) is 46.7 Å². The van der Waals surface area contributed by atoms with Gasteiger partial charge in [0.2, 0.25) is 35.4 Å². The van der Waals surface area contributed by atoms with E-state index < -0.39 is 154 Å². The number of aromatic nitrogens is 1. The minimum absolute atomic E-state index is 0.0153. The monoisotopic (exact) mass is 1150 g/mol. The normalized spacial score (nSPS) is 23.2. The van der Waals surface area contributed by atoms with Gasteiger partial charge in [0.25, 0.3) is 11.5 Å². The molecule has 0 radical (unpaired) electrons. The minimum atomic E-state index is -4.88. The number of nitrogens with zero attached hydrogens (tertiary/aromatic N) is 3. The number of likely N-dealkylation sites (tertiary alicyclic amines) is 1. The number of allylic oxidation sites excluding steroid dienone is 3. The number of cyclic esters (lactones) is 1. The van der Waals surface area contributed by atoms with Crippen LogP contribution in [0.5, 0.6) is 0 Å². The number of aliphatic imine (C=N–C) groups is 1. The molecule has 1 saturated heterocycles. The van der Waals surface area contributed by atoms with Crippen LogP contribution >= 0.6 is 7.82 Å². The lowest BCUT2D eigenvalue weighted by Gasteiger charge is -2.45. The summed E-state index contributed by atoms with van der Waals surface area (Å²) in [5.74, 6) is -6.87. The molecule has 1 saturated carbocycles. The third-order valence-corrected chi connectivity index (χ3v) is 15.9. The molecule has 2 fully saturated rings. The molecule has 27 nitrogen and oxygen atoms in total. The summed E-state index contributed by atoms with van der Waals surface area (Å²) < 4.78 is 43.6. The summed E-state index contributed by atoms with van der Waals surface area (Å²) >= 11 is 0. The van der Waals surface area contributed by atoms with Crippen molar-refractivity contribution in [1.29, 1.82) is 0 Å². The fourth-order valence-corrected chi connectivity index (χ4v) is 11.3. The number of ether oxygens (including phenoxy) is 2. The molecular weight excluding hydrogens is 1090 g/mol. The Kier molecular flexibility index (Phi) is 18.4. The summed E-state index contributed by atoms with van der Waals surface area (Å²) in [4.78, 5) is 142. The molecule has 7 unspecified atom stereocenters. The van der Waals surface area contributed by atoms with Crippen molar-refractivity contribution in [3.05, 3.63) is 91.6 Å². The maximum Gasteiger partial charge on any atom is 0.470 e. The molecule has 1 aromatic heterocycles. The van der Waals surface area contributed by atoms with E-state index in [1.807, 2.05) is 0 Å². The predicted octanol–water partition coefficient (Wildman–Crippen LogP) is -1.95. The van der Waals surface area contributed by atoms with Crippen LogP contribution in [0.15, 0.2) is 68.6 Å². The van der Waals surface area contributed by atoms with Gasteiger partial charge in [0.05, 0.1) is 42.6 Å². The van der Waals surface area contributed by atoms with Crippen molar-refractivity contribution in [2.24, 2.45) is 16.8 Å². The number of esters is 1. The van der Waals surface area contributed by atoms with Gasteiger partial charge < -0.3 is 60.6 Å². The summed E-state index contributed by atoms with van der Waals surface area (Å²) in [6.45, 7) is 2.81. The van der Waals surface area contributed by atoms with E-state index in [0.717, 1.165) is 11.1 Å². The van der Waals surface area contributed by atoms with Crippen molar-refractivity contribution in [3.63, 3.8) is 0 Å². The summed E-state index contributed by atoms with van der Waals surface area (Å²) in [6, 6.07) is 7.05. The number of phosphoric ester groups is 1. The van der Waals surface area contributed by atoms with Crippen LogP contribution in [0.2, 0.25) is 0 Å². The highest BCUT2D eigenvalue weighted by Gasteiger charge is 2.52. The van der Waals surface area contributed by atoms with Crippen molar-refractivity contribution in [3.8, 4) is 0 Å². The number of imide groups is 1. The lowest BCUT2D eigenvalue weighted by molar-refractivity contribution is -0.172. The van der Waals surface area contributed by atoms with E-state index in [1.54, 1.807) is 54.8 Å². The molecule has 2 aromatic rings. The van der Waals surface area contributed by atoms with Crippen molar-refractivity contribution in [2.75, 3.05) is 39.6 Å². The first kappa shape index (κ1) is 60.2. The van der Waals surface area contributed by atoms with Crippen LogP contribution < -0.4 is 42.8 Å². The fourth-order valence-electron chi connectivity index (χ4n) is 11.1. The van der Waals surface area contributed by atoms with Crippen LogP contribution in [-0.2, 0) is 82.1 Å². The number of hydrogen-bond donors (Lipinski definition) is 11. The first-order valence-electron chi connectivity index (χ1n) is 26.4. The number of alkyl halides is 1. The zero-order valence-electron chi connectivity index (χ0n) is 44.9. The summed E-state index contributed by atoms with van der Waals surface area (Å²) in [6.07, 6.45) is -2.39. The smallest absolute Gasteiger partial charge is 0.458 e. The van der Waals surface area contributed by atoms with Gasteiger partial charge in [0.1, 0.15) is 44.1 Å². The first-order valence-corrected chi connectivity index (χ1v) is 27.9. The molecule has 1 aromatic carbocycles. The van der Waals surface area contributed by atoms with Crippen LogP contribution in [0.4, 0.5) is 4.39 Å². The number of phosphoric acid groups is 1. The Bertz CT molecular complexity index is 3070. The van der Waals surface area contributed by atoms with E-state index in [2.05, 4.69) is 41.7 Å². The minimum Gasteiger partial charge on any atom is -0.458 e. The molecule has 4 aliphatic heterocycles. The third-order valence-electron chi connectivity index (χ3n) is 15.4. The number of nitrogens with one attached hydrogen (secondary N) is 7. The SMILES string of the molecule is CC[C@@]1(O)C(=O)OCc2c1cc1n(c2=O)CC2C1=NC1=C3C(=C(C)C(F)C1)CCC(NC(=O)C(C)(C)OCNC(=O)CNC(=O)C(Cc1ccccc1)NC(O)CNC(=O)CNC(=O)C(CNCOP(=O)(O)O)N1C(=O)CCC1=O)C32. The van der Waals surface area contributed by atoms with Crippen LogP contribution in [0.3, 0.4) is 0 Å². The van der Waals surface area contributed by atoms with Crippen LogP contribution in [-0.4, -0.2) is 158 Å². The Hall–Kier alpha value is -6.88. The quantitative estimate of drug-likeness (QED) is 0.0179. The Morgan fingerprint density at radius 2 is 1.63 bits per heavy atom. The van der Waals surface area contributed by atoms with Crippen molar-refractivity contribution >= 4 is 60.9 Å². The van der Waals surface area contributed by atoms with E-state index in [1.165, 1.54) is 13.8 Å². The summed E-state index contributed by atoms with van der Waals surface area (Å²) in [5, 5.41) is 40.3. The van der Waals surface area contributed by atoms with Crippen LogP contribution in [0.1, 0.15) is 88.6 Å². The van der Waals surface area contributed by atoms with Gasteiger partial charge in [-0.1, -0.05) is 37.3 Å². The highest BCUT2D eigenvalue weighted by Crippen LogP contribution is 2.52. The zero-order chi connectivity index (χ0) is 58.7. The predicted molar refractivity (Wildman–Crippen MR) is 280 cm³/mol. The molecule has 7 amide bonds. The van der Waals surface area contributed by atoms with Gasteiger partial charge in [0.15, 0.2) is 5.60 Å². The number of aliphatic hydroxyl groups excluding tert-OH is 1. The molecule has 0 bridgehead atoms. The van der Waals surface area contributed by atoms with Crippen LogP contribution in [0, 0.1) is 11.8 Å². The highest BCUT2D eigenvalue weighted by molar-refractivity contribution is 7.46. The number of carbonyl (C=O) groups is 8. The highest BCUT2D eigenvalue weighted by atomic mass is 31.2. The second-order valence-electron chi connectivity index (χ2n) is 21.0. The summed E-state index contributed by atoms with van der Waals surface area (Å²) in [5.41, 5.74) is 0.566. The topological polar surface area (TPSA) is 384 Å². The molecule has 438 valence electrons. The maximum absolute atomic E-state index is 15.6. The molecule has 11 N–H and O–H groups in total. The van der Waals surface area contributed by atoms with Crippen molar-refractivity contribution < 1.29 is 81.3 Å². The molecule has 8 atom stereocenters. The van der Waals surface area contributed by atoms with E-state index in [-0.39, 0.29) is 56.4 Å². The van der Waals surface area contributed by atoms with Gasteiger partial charge in [0, 0.05) is 61.5 Å². The van der Waals surface area contributed by atoms with E-state index in [0.29, 0.717) is 46.0 Å². The second kappa shape index (κ2) is 24.7. The average molecular weight is 1150 g/mol. The molecule has 0 spiro atoms. The summed E-state index contributed by atoms with van der Waals surface area (Å²) in [7, 11) is -4.88. The number of hydrogen-bond acceptors (Lipinski definition) is 18. The first-order chi connectivity index (χ1) is 38.3. The Balaban J connectivity index is 0.837. The Labute approximate surface area is 463 Å². The molecule has 6 aliphatic rings. The maximum atomic E-state index is 15.6. The van der Waals surface area contributed by atoms with Gasteiger partial charge in [-0.05, 0) is 74.8 Å². The number of halogens is 1. The lowest BCUT2D eigenvalue weighted by Crippen LogP contribution is -2.56. The molecule has 8 rings (SSSR count). The Morgan fingerprint density at radius 3 is 2.31 bits per heavy atom. The number of amides is 7. The largest absolute Gasteiger partial charge is 0.470 e. The van der Waals surface area contributed by atoms with Gasteiger partial charge >= 0.3 is 13.8 Å². The Morgan fingerprint density at radius 1 is 0.951 bits per heavy atom. The fraction of sp³-hybridized carbons (Fsp3) is 0.538. The number of rotatable bonds is 24. The van der Waals surface area contributed by atoms with Gasteiger partial charge in [-0.15, -0.1) is 0 Å². The van der Waals surface area contributed by atoms with Gasteiger partial charge in [-0.3, -0.25) is 63.4 Å². The third kappa shape index (κ3) is 13.2. The van der Waals surface area contributed by atoms with Gasteiger partial charge in [-0.25, -0.2) is 13.8 Å². The second-order valence-corrected chi connectivity index (χ2v) is 22.3. The van der Waals surface area contributed by atoms with E-state index in [4.69, 9.17) is 24.3 Å². The van der Waals surface area contributed by atoms with Crippen molar-refractivity contribution in [2.45, 2.75) is 128 Å². The molecule has 2 aliphatic carbocycles. The molecule has 5 heterocycles. The number of aliphatic hydroxyl groups is 2. The van der Waals surface area contributed by atoms with Crippen LogP contribution in [0.25, 0.3) is 0 Å². The average Bonchev–Trinajstić information content (AvgIpc) is 4.14. The van der Waals surface area contributed by atoms with E-state index in [9.17, 15) is 57.9 Å². The van der Waals surface area contributed by atoms with Gasteiger partial charge in [-0.2, -0.15) is 0 Å². The molecule has 29 heteroatoms. The number of carbonyl (C=O) groups excluding carboxylic acids is 8. The molecular formula is C52H66FN10O17P. The lowest BCUT2D eigenvalue weighted by atomic mass is 9.64. The number of benzene rings is 1. The molecule has 81 heavy (non-hydrogen) atoms.